The Morgan fingerprint density at radius 3 is 2.46 bits per heavy atom. The molecule has 3 N–H and O–H groups in total. The van der Waals surface area contributed by atoms with Crippen LogP contribution in [-0.2, 0) is 16.1 Å². The molecule has 1 saturated carbocycles. The van der Waals surface area contributed by atoms with Crippen molar-refractivity contribution in [2.24, 2.45) is 5.92 Å². The first-order valence-electron chi connectivity index (χ1n) is 19.5. The number of nitrogens with one attached hydrogen (secondary N) is 2. The molecule has 0 radical (unpaired) electrons. The van der Waals surface area contributed by atoms with E-state index in [0.717, 1.165) is 74.8 Å². The predicted molar refractivity (Wildman–Crippen MR) is 209 cm³/mol. The smallest absolute Gasteiger partial charge is 0.410 e. The number of carbonyl (C=O) groups excluding carboxylic acids is 3. The van der Waals surface area contributed by atoms with Crippen LogP contribution in [-0.4, -0.2) is 104 Å². The number of rotatable bonds is 15. The first-order valence-corrected chi connectivity index (χ1v) is 19.5. The molecule has 2 heterocycles. The minimum atomic E-state index is -0.969. The molecule has 294 valence electrons. The maximum Gasteiger partial charge on any atom is 0.410 e. The largest absolute Gasteiger partial charge is 0.497 e. The fourth-order valence-electron chi connectivity index (χ4n) is 7.60. The number of ether oxygens (including phenoxy) is 3. The topological polar surface area (TPSA) is 133 Å². The third kappa shape index (κ3) is 11.0. The molecule has 0 bridgehead atoms. The average molecular weight is 746 g/mol. The van der Waals surface area contributed by atoms with Gasteiger partial charge in [0.25, 0.3) is 5.91 Å². The lowest BCUT2D eigenvalue weighted by Crippen LogP contribution is -2.51. The lowest BCUT2D eigenvalue weighted by Gasteiger charge is -2.39. The van der Waals surface area contributed by atoms with Crippen LogP contribution in [0.4, 0.5) is 10.5 Å². The summed E-state index contributed by atoms with van der Waals surface area (Å²) in [6.45, 7) is 11.2. The van der Waals surface area contributed by atoms with Gasteiger partial charge in [0, 0.05) is 49.1 Å². The van der Waals surface area contributed by atoms with Gasteiger partial charge in [-0.25, -0.2) is 4.79 Å². The lowest BCUT2D eigenvalue weighted by molar-refractivity contribution is -0.124. The van der Waals surface area contributed by atoms with E-state index in [2.05, 4.69) is 21.5 Å². The molecule has 2 saturated heterocycles. The molecule has 0 aromatic heterocycles. The number of carbonyl (C=O) groups is 3. The number of amides is 3. The minimum absolute atomic E-state index is 0.0188. The normalized spacial score (nSPS) is 18.8. The van der Waals surface area contributed by atoms with Gasteiger partial charge >= 0.3 is 6.09 Å². The molecule has 2 aliphatic heterocycles. The van der Waals surface area contributed by atoms with Crippen LogP contribution in [0.15, 0.2) is 36.4 Å². The molecule has 54 heavy (non-hydrogen) atoms. The molecule has 3 atom stereocenters. The minimum Gasteiger partial charge on any atom is -0.497 e. The lowest BCUT2D eigenvalue weighted by atomic mass is 9.83. The summed E-state index contributed by atoms with van der Waals surface area (Å²) >= 11 is 0. The predicted octanol–water partition coefficient (Wildman–Crippen LogP) is 5.28. The number of likely N-dealkylation sites (tertiary alicyclic amines) is 1. The van der Waals surface area contributed by atoms with Gasteiger partial charge in [-0.05, 0) is 101 Å². The summed E-state index contributed by atoms with van der Waals surface area (Å²) in [5, 5.41) is 17.6. The number of piperidine rings is 1. The van der Waals surface area contributed by atoms with E-state index in [0.29, 0.717) is 36.8 Å². The van der Waals surface area contributed by atoms with Crippen molar-refractivity contribution < 1.29 is 33.7 Å². The Bertz CT molecular complexity index is 1640. The van der Waals surface area contributed by atoms with Gasteiger partial charge in [0.1, 0.15) is 29.4 Å². The van der Waals surface area contributed by atoms with Crippen LogP contribution in [0.1, 0.15) is 100 Å². The molecule has 0 spiro atoms. The number of aliphatic hydroxyl groups excluding tert-OH is 1. The number of benzene rings is 2. The van der Waals surface area contributed by atoms with Crippen molar-refractivity contribution >= 4 is 23.6 Å². The van der Waals surface area contributed by atoms with E-state index in [4.69, 9.17) is 20.6 Å². The fourth-order valence-corrected chi connectivity index (χ4v) is 7.60. The average Bonchev–Trinajstić information content (AvgIpc) is 4.01. The number of hydrogen-bond donors (Lipinski definition) is 3. The number of anilines is 1. The van der Waals surface area contributed by atoms with Crippen molar-refractivity contribution in [3.05, 3.63) is 53.1 Å². The zero-order valence-electron chi connectivity index (χ0n) is 32.7. The molecule has 12 heteroatoms. The van der Waals surface area contributed by atoms with Crippen LogP contribution in [0.3, 0.4) is 0 Å². The highest BCUT2D eigenvalue weighted by Gasteiger charge is 2.35. The molecule has 2 aromatic rings. The highest BCUT2D eigenvalue weighted by atomic mass is 16.6. The summed E-state index contributed by atoms with van der Waals surface area (Å²) in [5.74, 6) is 3.26. The monoisotopic (exact) mass is 745 g/mol. The Labute approximate surface area is 320 Å². The van der Waals surface area contributed by atoms with Crippen LogP contribution in [0, 0.1) is 18.3 Å². The maximum atomic E-state index is 13.9. The molecule has 3 amide bonds. The zero-order valence-corrected chi connectivity index (χ0v) is 32.7. The fraction of sp³-hybridized carbons (Fsp3) is 0.595. The molecule has 3 aliphatic rings. The van der Waals surface area contributed by atoms with E-state index in [1.165, 1.54) is 4.90 Å². The highest BCUT2D eigenvalue weighted by Crippen LogP contribution is 2.38. The molecule has 3 fully saturated rings. The molecule has 2 unspecified atom stereocenters. The number of methoxy groups -OCH3 is 1. The van der Waals surface area contributed by atoms with Crippen LogP contribution in [0.2, 0.25) is 0 Å². The van der Waals surface area contributed by atoms with E-state index in [1.807, 2.05) is 62.9 Å². The maximum absolute atomic E-state index is 13.9. The van der Waals surface area contributed by atoms with E-state index in [9.17, 15) is 19.5 Å². The molecule has 2 aromatic carbocycles. The number of terminal acetylenes is 1. The van der Waals surface area contributed by atoms with E-state index in [1.54, 1.807) is 13.2 Å². The molecule has 12 nitrogen and oxygen atoms in total. The van der Waals surface area contributed by atoms with Gasteiger partial charge < -0.3 is 34.9 Å². The van der Waals surface area contributed by atoms with Crippen molar-refractivity contribution in [1.82, 2.24) is 20.4 Å². The summed E-state index contributed by atoms with van der Waals surface area (Å²) in [5.41, 5.74) is 2.67. The zero-order chi connectivity index (χ0) is 38.8. The summed E-state index contributed by atoms with van der Waals surface area (Å²) < 4.78 is 17.1. The van der Waals surface area contributed by atoms with Gasteiger partial charge in [0.05, 0.1) is 33.4 Å². The van der Waals surface area contributed by atoms with Gasteiger partial charge in [-0.1, -0.05) is 25.2 Å². The van der Waals surface area contributed by atoms with Crippen molar-refractivity contribution in [2.45, 2.75) is 103 Å². The first kappa shape index (κ1) is 40.7. The third-order valence-electron chi connectivity index (χ3n) is 10.4. The molecule has 5 rings (SSSR count). The summed E-state index contributed by atoms with van der Waals surface area (Å²) in [4.78, 5) is 46.5. The molecule has 1 aliphatic carbocycles. The van der Waals surface area contributed by atoms with Crippen LogP contribution in [0.25, 0.3) is 0 Å². The SMILES string of the molecule is C#CCNC(=O)[C@H](NC(=O)c1ccc(N2CC2)c(C2CCCN(C(O)CN(Cc3ccc(OC)cc3OCC)C(=O)OC(C)(C)C)C2)c1)C1CCCCC1. The van der Waals surface area contributed by atoms with Crippen molar-refractivity contribution in [3.8, 4) is 23.8 Å². The number of nitrogens with zero attached hydrogens (tertiary/aromatic N) is 3. The Morgan fingerprint density at radius 1 is 1.04 bits per heavy atom. The second-order valence-corrected chi connectivity index (χ2v) is 15.6. The first-order chi connectivity index (χ1) is 25.9. The van der Waals surface area contributed by atoms with Crippen LogP contribution >= 0.6 is 0 Å². The number of hydrogen-bond acceptors (Lipinski definition) is 9. The van der Waals surface area contributed by atoms with Gasteiger partial charge in [-0.3, -0.25) is 19.4 Å². The Morgan fingerprint density at radius 2 is 1.80 bits per heavy atom. The van der Waals surface area contributed by atoms with E-state index >= 15 is 0 Å². The second kappa shape index (κ2) is 18.7. The Kier molecular flexibility index (Phi) is 14.1. The quantitative estimate of drug-likeness (QED) is 0.165. The summed E-state index contributed by atoms with van der Waals surface area (Å²) in [6.07, 6.45) is 10.6. The van der Waals surface area contributed by atoms with E-state index < -0.39 is 24.0 Å². The van der Waals surface area contributed by atoms with Crippen LogP contribution in [0.5, 0.6) is 11.5 Å². The van der Waals surface area contributed by atoms with Gasteiger partial charge in [-0.2, -0.15) is 0 Å². The van der Waals surface area contributed by atoms with Crippen molar-refractivity contribution in [1.29, 1.82) is 0 Å². The Hall–Kier alpha value is -4.47. The number of aliphatic hydroxyl groups is 1. The van der Waals surface area contributed by atoms with Crippen LogP contribution < -0.4 is 25.0 Å². The standard InChI is InChI=1S/C42H59N5O7/c1-7-20-43-40(50)38(29-13-10-9-11-14-29)44-39(49)30-17-19-35(45-22-23-45)34(24-30)31-15-12-21-46(26-31)37(48)28-47(41(51)54-42(3,4)5)27-32-16-18-33(52-6)25-36(32)53-8-2/h1,16-19,24-25,29,31,37-38,48H,8-15,20-23,26-28H2,2-6H3,(H,43,50)(H,44,49)/t31?,37?,38-/m1/s1. The third-order valence-corrected chi connectivity index (χ3v) is 10.4. The van der Waals surface area contributed by atoms with Crippen molar-refractivity contribution in [3.63, 3.8) is 0 Å². The van der Waals surface area contributed by atoms with Gasteiger partial charge in [0.15, 0.2) is 0 Å². The molecular formula is C42H59N5O7. The highest BCUT2D eigenvalue weighted by molar-refractivity contribution is 5.98. The summed E-state index contributed by atoms with van der Waals surface area (Å²) in [6, 6.07) is 10.6. The van der Waals surface area contributed by atoms with Crippen molar-refractivity contribution in [2.75, 3.05) is 57.9 Å². The van der Waals surface area contributed by atoms with Gasteiger partial charge in [0.2, 0.25) is 5.91 Å². The Balaban J connectivity index is 1.34. The second-order valence-electron chi connectivity index (χ2n) is 15.6. The van der Waals surface area contributed by atoms with E-state index in [-0.39, 0.29) is 43.3 Å². The summed E-state index contributed by atoms with van der Waals surface area (Å²) in [7, 11) is 1.59. The molecular weight excluding hydrogens is 686 g/mol. The van der Waals surface area contributed by atoms with Gasteiger partial charge in [-0.15, -0.1) is 6.42 Å².